The molecule has 1 atom stereocenters. The molecule has 1 N–H and O–H groups in total. The molecule has 3 aromatic rings. The third kappa shape index (κ3) is 3.16. The molecule has 0 saturated heterocycles. The van der Waals surface area contributed by atoms with Crippen molar-refractivity contribution in [3.8, 4) is 17.1 Å². The van der Waals surface area contributed by atoms with E-state index in [4.69, 9.17) is 4.74 Å². The standard InChI is InChI=1S/C21H19N3O2/c1-2-4-20(25)24-13-16-12-18-17-7-5-15(21-22-9-3-10-23-21)11-14(17)6-8-19(18)26-16/h2-3,5-11,16H,1,4,12-13H2,(H,24,25)/t16-/m0/s1. The van der Waals surface area contributed by atoms with Crippen molar-refractivity contribution in [1.29, 1.82) is 0 Å². The lowest BCUT2D eigenvalue weighted by atomic mass is 9.99. The summed E-state index contributed by atoms with van der Waals surface area (Å²) in [6, 6.07) is 12.1. The van der Waals surface area contributed by atoms with Crippen LogP contribution in [0, 0.1) is 0 Å². The van der Waals surface area contributed by atoms with Gasteiger partial charge in [-0.25, -0.2) is 9.97 Å². The monoisotopic (exact) mass is 345 g/mol. The van der Waals surface area contributed by atoms with E-state index >= 15 is 0 Å². The van der Waals surface area contributed by atoms with Crippen molar-refractivity contribution >= 4 is 16.7 Å². The lowest BCUT2D eigenvalue weighted by Gasteiger charge is -2.11. The summed E-state index contributed by atoms with van der Waals surface area (Å²) in [5.41, 5.74) is 2.18. The van der Waals surface area contributed by atoms with Crippen LogP contribution in [0.25, 0.3) is 22.2 Å². The van der Waals surface area contributed by atoms with E-state index in [2.05, 4.69) is 40.1 Å². The molecule has 1 aliphatic rings. The second kappa shape index (κ2) is 6.96. The normalized spacial score (nSPS) is 15.3. The Morgan fingerprint density at radius 2 is 2.12 bits per heavy atom. The van der Waals surface area contributed by atoms with Crippen LogP contribution in [-0.2, 0) is 11.2 Å². The lowest BCUT2D eigenvalue weighted by molar-refractivity contribution is -0.120. The van der Waals surface area contributed by atoms with Crippen molar-refractivity contribution in [2.45, 2.75) is 18.9 Å². The molecule has 1 amide bonds. The summed E-state index contributed by atoms with van der Waals surface area (Å²) in [5.74, 6) is 1.58. The highest BCUT2D eigenvalue weighted by Gasteiger charge is 2.25. The lowest BCUT2D eigenvalue weighted by Crippen LogP contribution is -2.34. The van der Waals surface area contributed by atoms with E-state index < -0.39 is 0 Å². The zero-order chi connectivity index (χ0) is 17.9. The SMILES string of the molecule is C=CCC(=O)NC[C@@H]1Cc2c(ccc3cc(-c4ncccn4)ccc23)O1. The maximum atomic E-state index is 11.6. The van der Waals surface area contributed by atoms with Gasteiger partial charge in [-0.2, -0.15) is 0 Å². The van der Waals surface area contributed by atoms with Gasteiger partial charge >= 0.3 is 0 Å². The Hall–Kier alpha value is -3.21. The van der Waals surface area contributed by atoms with Gasteiger partial charge in [0.2, 0.25) is 5.91 Å². The van der Waals surface area contributed by atoms with Crippen LogP contribution < -0.4 is 10.1 Å². The van der Waals surface area contributed by atoms with E-state index in [1.54, 1.807) is 18.5 Å². The smallest absolute Gasteiger partial charge is 0.223 e. The number of nitrogens with zero attached hydrogens (tertiary/aromatic N) is 2. The largest absolute Gasteiger partial charge is 0.488 e. The van der Waals surface area contributed by atoms with E-state index in [1.165, 1.54) is 10.9 Å². The molecular formula is C21H19N3O2. The molecule has 0 saturated carbocycles. The zero-order valence-corrected chi connectivity index (χ0v) is 14.3. The van der Waals surface area contributed by atoms with Gasteiger partial charge in [0.1, 0.15) is 11.9 Å². The van der Waals surface area contributed by atoms with Crippen molar-refractivity contribution in [3.05, 3.63) is 67.0 Å². The van der Waals surface area contributed by atoms with Gasteiger partial charge < -0.3 is 10.1 Å². The number of hydrogen-bond donors (Lipinski definition) is 1. The Kier molecular flexibility index (Phi) is 4.35. The average molecular weight is 345 g/mol. The second-order valence-corrected chi connectivity index (χ2v) is 6.29. The summed E-state index contributed by atoms with van der Waals surface area (Å²) in [5, 5.41) is 5.19. The first-order valence-electron chi connectivity index (χ1n) is 8.62. The number of benzene rings is 2. The Morgan fingerprint density at radius 1 is 1.27 bits per heavy atom. The van der Waals surface area contributed by atoms with E-state index in [1.807, 2.05) is 18.2 Å². The van der Waals surface area contributed by atoms with Gasteiger partial charge in [-0.3, -0.25) is 4.79 Å². The molecule has 130 valence electrons. The van der Waals surface area contributed by atoms with Gasteiger partial charge in [0.25, 0.3) is 0 Å². The average Bonchev–Trinajstić information content (AvgIpc) is 3.10. The number of nitrogens with one attached hydrogen (secondary N) is 1. The first-order valence-corrected chi connectivity index (χ1v) is 8.62. The molecule has 0 unspecified atom stereocenters. The maximum Gasteiger partial charge on any atom is 0.223 e. The molecular weight excluding hydrogens is 326 g/mol. The van der Waals surface area contributed by atoms with Crippen LogP contribution in [0.2, 0.25) is 0 Å². The first-order chi connectivity index (χ1) is 12.7. The molecule has 4 rings (SSSR count). The topological polar surface area (TPSA) is 64.1 Å². The van der Waals surface area contributed by atoms with Crippen LogP contribution in [-0.4, -0.2) is 28.5 Å². The van der Waals surface area contributed by atoms with Crippen LogP contribution in [0.5, 0.6) is 5.75 Å². The number of rotatable bonds is 5. The van der Waals surface area contributed by atoms with Crippen molar-refractivity contribution in [3.63, 3.8) is 0 Å². The minimum atomic E-state index is -0.0403. The fourth-order valence-electron chi connectivity index (χ4n) is 3.28. The van der Waals surface area contributed by atoms with Crippen LogP contribution in [0.15, 0.2) is 61.4 Å². The van der Waals surface area contributed by atoms with E-state index in [0.717, 1.165) is 23.1 Å². The van der Waals surface area contributed by atoms with Crippen molar-refractivity contribution in [2.75, 3.05) is 6.54 Å². The molecule has 0 fully saturated rings. The fourth-order valence-corrected chi connectivity index (χ4v) is 3.28. The quantitative estimate of drug-likeness (QED) is 0.721. The fraction of sp³-hybridized carbons (Fsp3) is 0.190. The number of fused-ring (bicyclic) bond motifs is 3. The van der Waals surface area contributed by atoms with Crippen LogP contribution in [0.4, 0.5) is 0 Å². The molecule has 26 heavy (non-hydrogen) atoms. The summed E-state index contributed by atoms with van der Waals surface area (Å²) in [6.45, 7) is 4.07. The molecule has 5 nitrogen and oxygen atoms in total. The molecule has 2 aromatic carbocycles. The molecule has 1 aromatic heterocycles. The van der Waals surface area contributed by atoms with Gasteiger partial charge in [-0.05, 0) is 29.0 Å². The molecule has 5 heteroatoms. The summed E-state index contributed by atoms with van der Waals surface area (Å²) in [4.78, 5) is 20.2. The predicted octanol–water partition coefficient (Wildman–Crippen LogP) is 3.29. The molecule has 0 aliphatic carbocycles. The molecule has 0 radical (unpaired) electrons. The third-order valence-corrected chi connectivity index (χ3v) is 4.49. The Morgan fingerprint density at radius 3 is 2.92 bits per heavy atom. The van der Waals surface area contributed by atoms with Gasteiger partial charge in [0.05, 0.1) is 6.54 Å². The highest BCUT2D eigenvalue weighted by molar-refractivity contribution is 5.91. The van der Waals surface area contributed by atoms with Crippen molar-refractivity contribution in [2.24, 2.45) is 0 Å². The van der Waals surface area contributed by atoms with Crippen LogP contribution in [0.3, 0.4) is 0 Å². The van der Waals surface area contributed by atoms with Gasteiger partial charge in [-0.1, -0.05) is 24.3 Å². The van der Waals surface area contributed by atoms with Gasteiger partial charge in [0, 0.05) is 36.4 Å². The number of amides is 1. The van der Waals surface area contributed by atoms with Crippen molar-refractivity contribution < 1.29 is 9.53 Å². The Balaban J connectivity index is 1.57. The Bertz CT molecular complexity index is 970. The van der Waals surface area contributed by atoms with Crippen LogP contribution in [0.1, 0.15) is 12.0 Å². The van der Waals surface area contributed by atoms with Crippen LogP contribution >= 0.6 is 0 Å². The Labute approximate surface area is 151 Å². The third-order valence-electron chi connectivity index (χ3n) is 4.49. The van der Waals surface area contributed by atoms with E-state index in [9.17, 15) is 4.79 Å². The number of ether oxygens (including phenoxy) is 1. The summed E-state index contributed by atoms with van der Waals surface area (Å²) in [7, 11) is 0. The highest BCUT2D eigenvalue weighted by atomic mass is 16.5. The predicted molar refractivity (Wildman–Crippen MR) is 101 cm³/mol. The highest BCUT2D eigenvalue weighted by Crippen LogP contribution is 2.36. The molecule has 1 aliphatic heterocycles. The van der Waals surface area contributed by atoms with Gasteiger partial charge in [-0.15, -0.1) is 6.58 Å². The molecule has 0 bridgehead atoms. The first kappa shape index (κ1) is 16.3. The number of carbonyl (C=O) groups is 1. The summed E-state index contributed by atoms with van der Waals surface area (Å²) in [6.07, 6.45) is 6.15. The number of aromatic nitrogens is 2. The number of hydrogen-bond acceptors (Lipinski definition) is 4. The van der Waals surface area contributed by atoms with Gasteiger partial charge in [0.15, 0.2) is 5.82 Å². The van der Waals surface area contributed by atoms with E-state index in [-0.39, 0.29) is 12.0 Å². The molecule has 2 heterocycles. The molecule has 0 spiro atoms. The summed E-state index contributed by atoms with van der Waals surface area (Å²) < 4.78 is 5.99. The maximum absolute atomic E-state index is 11.6. The minimum Gasteiger partial charge on any atom is -0.488 e. The second-order valence-electron chi connectivity index (χ2n) is 6.29. The minimum absolute atomic E-state index is 0.0306. The summed E-state index contributed by atoms with van der Waals surface area (Å²) >= 11 is 0. The zero-order valence-electron chi connectivity index (χ0n) is 14.3. The van der Waals surface area contributed by atoms with E-state index in [0.29, 0.717) is 18.8 Å². The van der Waals surface area contributed by atoms with Crippen molar-refractivity contribution in [1.82, 2.24) is 15.3 Å². The number of carbonyl (C=O) groups excluding carboxylic acids is 1.